The van der Waals surface area contributed by atoms with Crippen LogP contribution in [0.2, 0.25) is 16.6 Å². The van der Waals surface area contributed by atoms with Gasteiger partial charge >= 0.3 is 5.97 Å². The fourth-order valence-corrected chi connectivity index (χ4v) is 8.71. The standard InChI is InChI=1S/C16H32O3Si/c1-9-18-16(17)11-10-15(8)19-20(12(2)3,13(4)5)14(6)7/h10-15H,9H2,1-8H3/b11-10-/t15-/m0/s1. The molecular weight excluding hydrogens is 268 g/mol. The van der Waals surface area contributed by atoms with Gasteiger partial charge < -0.3 is 9.16 Å². The lowest BCUT2D eigenvalue weighted by Crippen LogP contribution is -2.49. The summed E-state index contributed by atoms with van der Waals surface area (Å²) >= 11 is 0. The quantitative estimate of drug-likeness (QED) is 0.371. The third kappa shape index (κ3) is 5.06. The molecule has 0 saturated carbocycles. The highest BCUT2D eigenvalue weighted by molar-refractivity contribution is 6.77. The molecule has 0 unspecified atom stereocenters. The van der Waals surface area contributed by atoms with Gasteiger partial charge in [0.1, 0.15) is 0 Å². The lowest BCUT2D eigenvalue weighted by Gasteiger charge is -2.43. The first-order valence-corrected chi connectivity index (χ1v) is 9.85. The molecular formula is C16H32O3Si. The van der Waals surface area contributed by atoms with Crippen LogP contribution in [0.5, 0.6) is 0 Å². The monoisotopic (exact) mass is 300 g/mol. The second-order valence-electron chi connectivity index (χ2n) is 6.25. The molecule has 0 bridgehead atoms. The van der Waals surface area contributed by atoms with Crippen molar-refractivity contribution < 1.29 is 14.0 Å². The number of carbonyl (C=O) groups excluding carboxylic acids is 1. The van der Waals surface area contributed by atoms with Crippen molar-refractivity contribution in [3.05, 3.63) is 12.2 Å². The Morgan fingerprint density at radius 2 is 1.45 bits per heavy atom. The zero-order valence-electron chi connectivity index (χ0n) is 14.4. The number of carbonyl (C=O) groups is 1. The molecule has 0 radical (unpaired) electrons. The van der Waals surface area contributed by atoms with Gasteiger partial charge in [-0.15, -0.1) is 0 Å². The second-order valence-corrected chi connectivity index (χ2v) is 11.7. The molecule has 0 rings (SSSR count). The van der Waals surface area contributed by atoms with Gasteiger partial charge in [0, 0.05) is 6.08 Å². The first-order chi connectivity index (χ1) is 9.18. The van der Waals surface area contributed by atoms with E-state index in [0.29, 0.717) is 23.2 Å². The Morgan fingerprint density at radius 3 is 1.80 bits per heavy atom. The van der Waals surface area contributed by atoms with E-state index < -0.39 is 8.32 Å². The minimum Gasteiger partial charge on any atom is -0.463 e. The van der Waals surface area contributed by atoms with Gasteiger partial charge in [0.2, 0.25) is 8.32 Å². The third-order valence-corrected chi connectivity index (χ3v) is 10.1. The number of esters is 1. The first-order valence-electron chi connectivity index (χ1n) is 7.71. The van der Waals surface area contributed by atoms with Crippen LogP contribution in [0.25, 0.3) is 0 Å². The largest absolute Gasteiger partial charge is 0.463 e. The Hall–Kier alpha value is -0.613. The summed E-state index contributed by atoms with van der Waals surface area (Å²) in [6, 6.07) is 0. The maximum absolute atomic E-state index is 11.4. The van der Waals surface area contributed by atoms with Gasteiger partial charge in [0.25, 0.3) is 0 Å². The minimum atomic E-state index is -1.88. The molecule has 0 aliphatic carbocycles. The van der Waals surface area contributed by atoms with Crippen LogP contribution in [0.1, 0.15) is 55.4 Å². The smallest absolute Gasteiger partial charge is 0.330 e. The number of ether oxygens (including phenoxy) is 1. The zero-order chi connectivity index (χ0) is 15.9. The van der Waals surface area contributed by atoms with E-state index in [0.717, 1.165) is 0 Å². The average Bonchev–Trinajstić information content (AvgIpc) is 2.32. The summed E-state index contributed by atoms with van der Waals surface area (Å²) in [5.41, 5.74) is 1.63. The van der Waals surface area contributed by atoms with Gasteiger partial charge in [-0.1, -0.05) is 47.6 Å². The normalized spacial score (nSPS) is 14.6. The summed E-state index contributed by atoms with van der Waals surface area (Å²) in [7, 11) is -1.88. The molecule has 0 heterocycles. The average molecular weight is 301 g/mol. The highest BCUT2D eigenvalue weighted by Gasteiger charge is 2.45. The van der Waals surface area contributed by atoms with Crippen molar-refractivity contribution in [1.82, 2.24) is 0 Å². The molecule has 0 aromatic rings. The van der Waals surface area contributed by atoms with Gasteiger partial charge in [-0.05, 0) is 30.5 Å². The molecule has 0 aromatic heterocycles. The predicted octanol–water partition coefficient (Wildman–Crippen LogP) is 4.69. The van der Waals surface area contributed by atoms with Crippen LogP contribution in [0, 0.1) is 0 Å². The van der Waals surface area contributed by atoms with E-state index in [-0.39, 0.29) is 12.1 Å². The highest BCUT2D eigenvalue weighted by Crippen LogP contribution is 2.43. The molecule has 0 aliphatic heterocycles. The summed E-state index contributed by atoms with van der Waals surface area (Å²) in [5.74, 6) is -0.297. The number of rotatable bonds is 8. The van der Waals surface area contributed by atoms with E-state index in [1.165, 1.54) is 6.08 Å². The van der Waals surface area contributed by atoms with Gasteiger partial charge in [0.05, 0.1) is 12.7 Å². The molecule has 0 N–H and O–H groups in total. The topological polar surface area (TPSA) is 35.5 Å². The summed E-state index contributed by atoms with van der Waals surface area (Å²) in [6.45, 7) is 17.8. The molecule has 0 fully saturated rings. The first kappa shape index (κ1) is 19.4. The predicted molar refractivity (Wildman–Crippen MR) is 87.4 cm³/mol. The van der Waals surface area contributed by atoms with Crippen LogP contribution in [-0.2, 0) is 14.0 Å². The van der Waals surface area contributed by atoms with Crippen molar-refractivity contribution in [2.24, 2.45) is 0 Å². The van der Waals surface area contributed by atoms with Crippen molar-refractivity contribution in [3.8, 4) is 0 Å². The third-order valence-electron chi connectivity index (χ3n) is 3.89. The summed E-state index contributed by atoms with van der Waals surface area (Å²) in [6.07, 6.45) is 3.24. The van der Waals surface area contributed by atoms with Crippen molar-refractivity contribution in [2.75, 3.05) is 6.61 Å². The van der Waals surface area contributed by atoms with Crippen molar-refractivity contribution >= 4 is 14.3 Å². The summed E-state index contributed by atoms with van der Waals surface area (Å²) < 4.78 is 11.4. The van der Waals surface area contributed by atoms with Crippen LogP contribution in [-0.4, -0.2) is 27.0 Å². The molecule has 0 aromatic carbocycles. The van der Waals surface area contributed by atoms with Gasteiger partial charge in [0.15, 0.2) is 0 Å². The maximum Gasteiger partial charge on any atom is 0.330 e. The molecule has 0 amide bonds. The van der Waals surface area contributed by atoms with E-state index in [4.69, 9.17) is 9.16 Å². The van der Waals surface area contributed by atoms with E-state index in [1.807, 2.05) is 13.0 Å². The van der Waals surface area contributed by atoms with Crippen LogP contribution in [0.3, 0.4) is 0 Å². The van der Waals surface area contributed by atoms with Gasteiger partial charge in [-0.2, -0.15) is 0 Å². The maximum atomic E-state index is 11.4. The van der Waals surface area contributed by atoms with Gasteiger partial charge in [-0.25, -0.2) is 4.79 Å². The Labute approximate surface area is 125 Å². The van der Waals surface area contributed by atoms with Crippen LogP contribution in [0.4, 0.5) is 0 Å². The fourth-order valence-electron chi connectivity index (χ4n) is 3.17. The van der Waals surface area contributed by atoms with E-state index >= 15 is 0 Å². The van der Waals surface area contributed by atoms with Crippen LogP contribution < -0.4 is 0 Å². The molecule has 0 aliphatic rings. The summed E-state index contributed by atoms with van der Waals surface area (Å²) in [4.78, 5) is 11.4. The van der Waals surface area contributed by atoms with Crippen LogP contribution in [0.15, 0.2) is 12.2 Å². The van der Waals surface area contributed by atoms with E-state index in [1.54, 1.807) is 6.92 Å². The molecule has 4 heteroatoms. The van der Waals surface area contributed by atoms with E-state index in [9.17, 15) is 4.79 Å². The number of hydrogen-bond acceptors (Lipinski definition) is 3. The molecule has 1 atom stereocenters. The molecule has 0 saturated heterocycles. The van der Waals surface area contributed by atoms with Crippen molar-refractivity contribution in [3.63, 3.8) is 0 Å². The highest BCUT2D eigenvalue weighted by atomic mass is 28.4. The fraction of sp³-hybridized carbons (Fsp3) is 0.812. The Balaban J connectivity index is 4.96. The van der Waals surface area contributed by atoms with Gasteiger partial charge in [-0.3, -0.25) is 0 Å². The lowest BCUT2D eigenvalue weighted by atomic mass is 10.3. The van der Waals surface area contributed by atoms with E-state index in [2.05, 4.69) is 41.5 Å². The molecule has 20 heavy (non-hydrogen) atoms. The minimum absolute atomic E-state index is 0.0572. The van der Waals surface area contributed by atoms with Crippen molar-refractivity contribution in [1.29, 1.82) is 0 Å². The Morgan fingerprint density at radius 1 is 1.00 bits per heavy atom. The molecule has 118 valence electrons. The zero-order valence-corrected chi connectivity index (χ0v) is 15.4. The molecule has 0 spiro atoms. The lowest BCUT2D eigenvalue weighted by molar-refractivity contribution is -0.137. The van der Waals surface area contributed by atoms with Crippen molar-refractivity contribution in [2.45, 2.75) is 78.1 Å². The molecule has 3 nitrogen and oxygen atoms in total. The summed E-state index contributed by atoms with van der Waals surface area (Å²) in [5, 5.41) is 0. The Bertz CT molecular complexity index is 300. The second kappa shape index (κ2) is 8.62. The SMILES string of the molecule is CCOC(=O)/C=C\[C@H](C)O[Si](C(C)C)(C(C)C)C(C)C. The Kier molecular flexibility index (Phi) is 8.36. The van der Waals surface area contributed by atoms with Crippen LogP contribution >= 0.6 is 0 Å². The number of hydrogen-bond donors (Lipinski definition) is 0.